The van der Waals surface area contributed by atoms with Gasteiger partial charge in [0, 0.05) is 11.8 Å². The molecule has 122 valence electrons. The Morgan fingerprint density at radius 1 is 1.09 bits per heavy atom. The van der Waals surface area contributed by atoms with Gasteiger partial charge in [0.25, 0.3) is 0 Å². The number of benzene rings is 1. The van der Waals surface area contributed by atoms with Gasteiger partial charge in [-0.2, -0.15) is 0 Å². The maximum atomic E-state index is 14.6. The van der Waals surface area contributed by atoms with Gasteiger partial charge in [0.15, 0.2) is 0 Å². The summed E-state index contributed by atoms with van der Waals surface area (Å²) in [6.07, 6.45) is 8.96. The Hall–Kier alpha value is -1.41. The summed E-state index contributed by atoms with van der Waals surface area (Å²) >= 11 is 5.81. The minimum Gasteiger partial charge on any atom is -0.244 e. The molecule has 0 unspecified atom stereocenters. The van der Waals surface area contributed by atoms with Gasteiger partial charge in [0.1, 0.15) is 11.0 Å². The van der Waals surface area contributed by atoms with Crippen LogP contribution >= 0.6 is 11.6 Å². The van der Waals surface area contributed by atoms with Crippen molar-refractivity contribution in [1.29, 1.82) is 0 Å². The van der Waals surface area contributed by atoms with Gasteiger partial charge in [-0.25, -0.2) is 9.37 Å². The lowest BCUT2D eigenvalue weighted by atomic mass is 9.77. The summed E-state index contributed by atoms with van der Waals surface area (Å²) < 4.78 is 14.6. The highest BCUT2D eigenvalue weighted by Crippen LogP contribution is 2.39. The predicted molar refractivity (Wildman–Crippen MR) is 94.2 cm³/mol. The Morgan fingerprint density at radius 2 is 1.83 bits per heavy atom. The van der Waals surface area contributed by atoms with Crippen molar-refractivity contribution >= 4 is 11.6 Å². The van der Waals surface area contributed by atoms with Crippen LogP contribution in [0.5, 0.6) is 0 Å². The molecule has 0 aliphatic heterocycles. The van der Waals surface area contributed by atoms with E-state index in [-0.39, 0.29) is 5.82 Å². The third kappa shape index (κ3) is 3.92. The molecule has 1 aliphatic rings. The van der Waals surface area contributed by atoms with Crippen LogP contribution in [0.2, 0.25) is 5.15 Å². The van der Waals surface area contributed by atoms with Crippen LogP contribution in [-0.4, -0.2) is 4.98 Å². The maximum absolute atomic E-state index is 14.6. The van der Waals surface area contributed by atoms with Crippen LogP contribution in [0.25, 0.3) is 11.1 Å². The smallest absolute Gasteiger partial charge is 0.129 e. The summed E-state index contributed by atoms with van der Waals surface area (Å²) in [5.41, 5.74) is 2.63. The molecule has 0 N–H and O–H groups in total. The van der Waals surface area contributed by atoms with Crippen LogP contribution in [-0.2, 0) is 0 Å². The van der Waals surface area contributed by atoms with E-state index in [1.54, 1.807) is 18.3 Å². The monoisotopic (exact) mass is 331 g/mol. The second-order valence-electron chi connectivity index (χ2n) is 6.61. The number of halogens is 2. The first kappa shape index (κ1) is 16.4. The van der Waals surface area contributed by atoms with Crippen LogP contribution < -0.4 is 0 Å². The lowest BCUT2D eigenvalue weighted by Gasteiger charge is -2.29. The molecular weight excluding hydrogens is 309 g/mol. The van der Waals surface area contributed by atoms with Gasteiger partial charge < -0.3 is 0 Å². The van der Waals surface area contributed by atoms with Crippen molar-refractivity contribution in [2.24, 2.45) is 5.92 Å². The van der Waals surface area contributed by atoms with Crippen LogP contribution in [0.1, 0.15) is 56.9 Å². The molecular formula is C20H23ClFN. The van der Waals surface area contributed by atoms with E-state index in [0.29, 0.717) is 11.1 Å². The zero-order valence-corrected chi connectivity index (χ0v) is 14.3. The molecule has 0 spiro atoms. The van der Waals surface area contributed by atoms with E-state index in [9.17, 15) is 4.39 Å². The Labute approximate surface area is 142 Å². The average molecular weight is 332 g/mol. The molecule has 0 amide bonds. The Kier molecular flexibility index (Phi) is 5.32. The highest BCUT2D eigenvalue weighted by molar-refractivity contribution is 6.29. The molecule has 0 saturated heterocycles. The molecule has 1 heterocycles. The van der Waals surface area contributed by atoms with E-state index < -0.39 is 0 Å². The largest absolute Gasteiger partial charge is 0.244 e. The predicted octanol–water partition coefficient (Wildman–Crippen LogP) is 6.62. The summed E-state index contributed by atoms with van der Waals surface area (Å²) in [6.45, 7) is 2.25. The second kappa shape index (κ2) is 7.44. The molecule has 1 aromatic heterocycles. The molecule has 1 fully saturated rings. The summed E-state index contributed by atoms with van der Waals surface area (Å²) in [5, 5.41) is 0.453. The normalized spacial score (nSPS) is 21.3. The van der Waals surface area contributed by atoms with Gasteiger partial charge >= 0.3 is 0 Å². The fraction of sp³-hybridized carbons (Fsp3) is 0.450. The molecule has 2 aromatic rings. The zero-order chi connectivity index (χ0) is 16.2. The van der Waals surface area contributed by atoms with Gasteiger partial charge in [0.2, 0.25) is 0 Å². The molecule has 0 atom stereocenters. The molecule has 1 aromatic carbocycles. The van der Waals surface area contributed by atoms with E-state index in [0.717, 1.165) is 35.4 Å². The highest BCUT2D eigenvalue weighted by Gasteiger charge is 2.24. The van der Waals surface area contributed by atoms with Crippen LogP contribution in [0.15, 0.2) is 36.5 Å². The molecule has 1 nitrogen and oxygen atoms in total. The third-order valence-electron chi connectivity index (χ3n) is 5.04. The van der Waals surface area contributed by atoms with E-state index >= 15 is 0 Å². The molecule has 1 saturated carbocycles. The maximum Gasteiger partial charge on any atom is 0.129 e. The minimum atomic E-state index is -0.0867. The minimum absolute atomic E-state index is 0.0867. The van der Waals surface area contributed by atoms with Crippen molar-refractivity contribution < 1.29 is 4.39 Å². The Balaban J connectivity index is 1.74. The first-order chi connectivity index (χ1) is 11.2. The number of hydrogen-bond donors (Lipinski definition) is 0. The SMILES string of the molecule is CCCC1CCC(c2ccc(-c3ccc(Cl)nc3)cc2F)CC1. The van der Waals surface area contributed by atoms with E-state index in [2.05, 4.69) is 11.9 Å². The third-order valence-corrected chi connectivity index (χ3v) is 5.27. The van der Waals surface area contributed by atoms with Crippen molar-refractivity contribution in [2.75, 3.05) is 0 Å². The summed E-state index contributed by atoms with van der Waals surface area (Å²) in [4.78, 5) is 4.07. The fourth-order valence-corrected chi connectivity index (χ4v) is 3.87. The van der Waals surface area contributed by atoms with Crippen molar-refractivity contribution in [3.63, 3.8) is 0 Å². The first-order valence-electron chi connectivity index (χ1n) is 8.58. The zero-order valence-electron chi connectivity index (χ0n) is 13.6. The molecule has 1 aliphatic carbocycles. The number of nitrogens with zero attached hydrogens (tertiary/aromatic N) is 1. The quantitative estimate of drug-likeness (QED) is 0.574. The van der Waals surface area contributed by atoms with E-state index in [1.165, 1.54) is 25.7 Å². The average Bonchev–Trinajstić information content (AvgIpc) is 2.57. The van der Waals surface area contributed by atoms with Gasteiger partial charge in [-0.3, -0.25) is 0 Å². The summed E-state index contributed by atoms with van der Waals surface area (Å²) in [6, 6.07) is 9.21. The van der Waals surface area contributed by atoms with E-state index in [1.807, 2.05) is 18.2 Å². The summed E-state index contributed by atoms with van der Waals surface area (Å²) in [5.74, 6) is 1.13. The number of rotatable bonds is 4. The number of pyridine rings is 1. The highest BCUT2D eigenvalue weighted by atomic mass is 35.5. The first-order valence-corrected chi connectivity index (χ1v) is 8.96. The molecule has 3 heteroatoms. The van der Waals surface area contributed by atoms with Crippen molar-refractivity contribution in [3.05, 3.63) is 53.1 Å². The fourth-order valence-electron chi connectivity index (χ4n) is 3.75. The standard InChI is InChI=1S/C20H23ClFN/c1-2-3-14-4-6-15(7-5-14)18-10-8-16(12-19(18)22)17-9-11-20(21)23-13-17/h8-15H,2-7H2,1H3. The Bertz CT molecular complexity index is 645. The van der Waals surface area contributed by atoms with Crippen molar-refractivity contribution in [3.8, 4) is 11.1 Å². The van der Waals surface area contributed by atoms with Gasteiger partial charge in [-0.15, -0.1) is 0 Å². The van der Waals surface area contributed by atoms with Crippen LogP contribution in [0.4, 0.5) is 4.39 Å². The van der Waals surface area contributed by atoms with E-state index in [4.69, 9.17) is 11.6 Å². The Morgan fingerprint density at radius 3 is 2.43 bits per heavy atom. The number of aromatic nitrogens is 1. The number of hydrogen-bond acceptors (Lipinski definition) is 1. The van der Waals surface area contributed by atoms with Gasteiger partial charge in [0.05, 0.1) is 0 Å². The lowest BCUT2D eigenvalue weighted by Crippen LogP contribution is -2.14. The lowest BCUT2D eigenvalue weighted by molar-refractivity contribution is 0.304. The van der Waals surface area contributed by atoms with Crippen molar-refractivity contribution in [2.45, 2.75) is 51.4 Å². The molecule has 0 bridgehead atoms. The molecule has 23 heavy (non-hydrogen) atoms. The van der Waals surface area contributed by atoms with Crippen molar-refractivity contribution in [1.82, 2.24) is 4.98 Å². The van der Waals surface area contributed by atoms with Crippen LogP contribution in [0, 0.1) is 11.7 Å². The molecule has 0 radical (unpaired) electrons. The summed E-state index contributed by atoms with van der Waals surface area (Å²) in [7, 11) is 0. The molecule has 3 rings (SSSR count). The second-order valence-corrected chi connectivity index (χ2v) is 7.00. The van der Waals surface area contributed by atoms with Gasteiger partial charge in [-0.1, -0.05) is 43.5 Å². The topological polar surface area (TPSA) is 12.9 Å². The van der Waals surface area contributed by atoms with Gasteiger partial charge in [-0.05, 0) is 66.8 Å². The van der Waals surface area contributed by atoms with Crippen LogP contribution in [0.3, 0.4) is 0 Å².